The zero-order chi connectivity index (χ0) is 13.7. The summed E-state index contributed by atoms with van der Waals surface area (Å²) >= 11 is 11.8. The Hall–Kier alpha value is -1.38. The predicted octanol–water partition coefficient (Wildman–Crippen LogP) is 4.74. The molecule has 2 N–H and O–H groups in total. The smallest absolute Gasteiger partial charge is 0.115 e. The largest absolute Gasteiger partial charge is 0.508 e. The Bertz CT molecular complexity index is 540. The van der Waals surface area contributed by atoms with Gasteiger partial charge in [-0.05, 0) is 54.8 Å². The van der Waals surface area contributed by atoms with Gasteiger partial charge in [0.25, 0.3) is 0 Å². The van der Waals surface area contributed by atoms with Gasteiger partial charge >= 0.3 is 0 Å². The van der Waals surface area contributed by atoms with Crippen molar-refractivity contribution in [1.82, 2.24) is 0 Å². The van der Waals surface area contributed by atoms with Crippen LogP contribution in [0.4, 0.5) is 5.69 Å². The third-order valence-electron chi connectivity index (χ3n) is 2.82. The van der Waals surface area contributed by atoms with Crippen LogP contribution >= 0.6 is 23.2 Å². The second-order valence-corrected chi connectivity index (χ2v) is 5.14. The zero-order valence-electron chi connectivity index (χ0n) is 10.4. The maximum absolute atomic E-state index is 9.17. The molecule has 0 bridgehead atoms. The Morgan fingerprint density at radius 1 is 0.947 bits per heavy atom. The number of halogens is 2. The Labute approximate surface area is 123 Å². The first kappa shape index (κ1) is 14.0. The first-order valence-corrected chi connectivity index (χ1v) is 6.87. The minimum Gasteiger partial charge on any atom is -0.508 e. The van der Waals surface area contributed by atoms with E-state index in [0.717, 1.165) is 25.1 Å². The average molecular weight is 296 g/mol. The third kappa shape index (κ3) is 4.34. The summed E-state index contributed by atoms with van der Waals surface area (Å²) in [6.07, 6.45) is 1.95. The van der Waals surface area contributed by atoms with Crippen molar-refractivity contribution in [3.05, 3.63) is 58.1 Å². The molecule has 0 aliphatic carbocycles. The van der Waals surface area contributed by atoms with Crippen LogP contribution in [0.15, 0.2) is 42.5 Å². The number of nitrogens with one attached hydrogen (secondary N) is 1. The van der Waals surface area contributed by atoms with Crippen LogP contribution in [-0.4, -0.2) is 11.7 Å². The number of phenols is 1. The predicted molar refractivity (Wildman–Crippen MR) is 81.4 cm³/mol. The van der Waals surface area contributed by atoms with Crippen LogP contribution < -0.4 is 5.32 Å². The fourth-order valence-corrected chi connectivity index (χ4v) is 2.12. The molecule has 0 aromatic heterocycles. The van der Waals surface area contributed by atoms with Crippen LogP contribution in [-0.2, 0) is 6.42 Å². The van der Waals surface area contributed by atoms with E-state index in [1.807, 2.05) is 30.3 Å². The summed E-state index contributed by atoms with van der Waals surface area (Å²) in [7, 11) is 0. The molecule has 0 atom stereocenters. The van der Waals surface area contributed by atoms with E-state index in [-0.39, 0.29) is 5.75 Å². The molecule has 0 aliphatic rings. The number of hydrogen-bond acceptors (Lipinski definition) is 2. The summed E-state index contributed by atoms with van der Waals surface area (Å²) in [5.41, 5.74) is 2.19. The number of rotatable bonds is 5. The van der Waals surface area contributed by atoms with Gasteiger partial charge in [-0.25, -0.2) is 0 Å². The molecule has 2 aromatic rings. The lowest BCUT2D eigenvalue weighted by atomic mass is 10.1. The molecular formula is C15H15Cl2NO. The lowest BCUT2D eigenvalue weighted by Crippen LogP contribution is -2.02. The summed E-state index contributed by atoms with van der Waals surface area (Å²) < 4.78 is 0. The Morgan fingerprint density at radius 3 is 2.37 bits per heavy atom. The minimum atomic E-state index is 0.279. The van der Waals surface area contributed by atoms with Crippen molar-refractivity contribution in [3.63, 3.8) is 0 Å². The molecule has 19 heavy (non-hydrogen) atoms. The monoisotopic (exact) mass is 295 g/mol. The fourth-order valence-electron chi connectivity index (χ4n) is 1.80. The third-order valence-corrected chi connectivity index (χ3v) is 3.56. The number of phenolic OH excluding ortho intramolecular Hbond substituents is 1. The summed E-state index contributed by atoms with van der Waals surface area (Å²) in [6.45, 7) is 0.866. The molecule has 2 rings (SSSR count). The molecule has 100 valence electrons. The molecule has 0 unspecified atom stereocenters. The lowest BCUT2D eigenvalue weighted by molar-refractivity contribution is 0.475. The standard InChI is InChI=1S/C15H15Cl2NO/c16-14-8-3-11(10-15(14)17)2-1-9-18-12-4-6-13(19)7-5-12/h3-8,10,18-19H,1-2,9H2. The van der Waals surface area contributed by atoms with Gasteiger partial charge in [0.1, 0.15) is 5.75 Å². The quantitative estimate of drug-likeness (QED) is 0.617. The van der Waals surface area contributed by atoms with Crippen LogP contribution in [0.1, 0.15) is 12.0 Å². The minimum absolute atomic E-state index is 0.279. The van der Waals surface area contributed by atoms with Gasteiger partial charge in [0.05, 0.1) is 10.0 Å². The Morgan fingerprint density at radius 2 is 1.68 bits per heavy atom. The number of benzene rings is 2. The highest BCUT2D eigenvalue weighted by molar-refractivity contribution is 6.42. The molecule has 0 fully saturated rings. The second-order valence-electron chi connectivity index (χ2n) is 4.33. The molecular weight excluding hydrogens is 281 g/mol. The van der Waals surface area contributed by atoms with Gasteiger partial charge in [-0.2, -0.15) is 0 Å². The van der Waals surface area contributed by atoms with Gasteiger partial charge in [-0.1, -0.05) is 29.3 Å². The molecule has 0 spiro atoms. The van der Waals surface area contributed by atoms with Gasteiger partial charge in [0, 0.05) is 12.2 Å². The van der Waals surface area contributed by atoms with E-state index < -0.39 is 0 Å². The highest BCUT2D eigenvalue weighted by Crippen LogP contribution is 2.23. The van der Waals surface area contributed by atoms with Gasteiger partial charge in [-0.3, -0.25) is 0 Å². The van der Waals surface area contributed by atoms with E-state index in [9.17, 15) is 5.11 Å². The van der Waals surface area contributed by atoms with Gasteiger partial charge in [0.2, 0.25) is 0 Å². The Balaban J connectivity index is 1.77. The van der Waals surface area contributed by atoms with Gasteiger partial charge < -0.3 is 10.4 Å². The summed E-state index contributed by atoms with van der Waals surface area (Å²) in [5.74, 6) is 0.279. The van der Waals surface area contributed by atoms with Crippen molar-refractivity contribution < 1.29 is 5.11 Å². The molecule has 0 aliphatic heterocycles. The van der Waals surface area contributed by atoms with Crippen molar-refractivity contribution in [2.75, 3.05) is 11.9 Å². The van der Waals surface area contributed by atoms with Gasteiger partial charge in [0.15, 0.2) is 0 Å². The van der Waals surface area contributed by atoms with Crippen LogP contribution in [0.3, 0.4) is 0 Å². The van der Waals surface area contributed by atoms with E-state index in [1.165, 1.54) is 5.56 Å². The molecule has 0 radical (unpaired) electrons. The van der Waals surface area contributed by atoms with E-state index in [4.69, 9.17) is 23.2 Å². The molecule has 2 aromatic carbocycles. The number of hydrogen-bond donors (Lipinski definition) is 2. The molecule has 0 saturated heterocycles. The van der Waals surface area contributed by atoms with Crippen molar-refractivity contribution in [2.24, 2.45) is 0 Å². The molecule has 0 saturated carbocycles. The summed E-state index contributed by atoms with van der Waals surface area (Å²) in [4.78, 5) is 0. The second kappa shape index (κ2) is 6.69. The van der Waals surface area contributed by atoms with E-state index >= 15 is 0 Å². The van der Waals surface area contributed by atoms with Gasteiger partial charge in [-0.15, -0.1) is 0 Å². The molecule has 0 amide bonds. The highest BCUT2D eigenvalue weighted by Gasteiger charge is 1.99. The van der Waals surface area contributed by atoms with Crippen LogP contribution in [0.2, 0.25) is 10.0 Å². The van der Waals surface area contributed by atoms with E-state index in [2.05, 4.69) is 5.32 Å². The molecule has 4 heteroatoms. The van der Waals surface area contributed by atoms with E-state index in [1.54, 1.807) is 12.1 Å². The average Bonchev–Trinajstić information content (AvgIpc) is 2.41. The van der Waals surface area contributed by atoms with E-state index in [0.29, 0.717) is 10.0 Å². The van der Waals surface area contributed by atoms with Crippen molar-refractivity contribution >= 4 is 28.9 Å². The number of aromatic hydroxyl groups is 1. The highest BCUT2D eigenvalue weighted by atomic mass is 35.5. The SMILES string of the molecule is Oc1ccc(NCCCc2ccc(Cl)c(Cl)c2)cc1. The normalized spacial score (nSPS) is 10.4. The molecule has 0 heterocycles. The first-order valence-electron chi connectivity index (χ1n) is 6.12. The fraction of sp³-hybridized carbons (Fsp3) is 0.200. The number of aryl methyl sites for hydroxylation is 1. The van der Waals surface area contributed by atoms with Crippen molar-refractivity contribution in [2.45, 2.75) is 12.8 Å². The maximum atomic E-state index is 9.17. The van der Waals surface area contributed by atoms with Crippen LogP contribution in [0.5, 0.6) is 5.75 Å². The Kier molecular flexibility index (Phi) is 4.94. The topological polar surface area (TPSA) is 32.3 Å². The summed E-state index contributed by atoms with van der Waals surface area (Å²) in [6, 6.07) is 12.8. The zero-order valence-corrected chi connectivity index (χ0v) is 11.9. The summed E-state index contributed by atoms with van der Waals surface area (Å²) in [5, 5.41) is 13.7. The van der Waals surface area contributed by atoms with Crippen molar-refractivity contribution in [3.8, 4) is 5.75 Å². The molecule has 2 nitrogen and oxygen atoms in total. The van der Waals surface area contributed by atoms with Crippen LogP contribution in [0.25, 0.3) is 0 Å². The lowest BCUT2D eigenvalue weighted by Gasteiger charge is -2.07. The van der Waals surface area contributed by atoms with Crippen molar-refractivity contribution in [1.29, 1.82) is 0 Å². The first-order chi connectivity index (χ1) is 9.15. The number of anilines is 1. The maximum Gasteiger partial charge on any atom is 0.115 e. The van der Waals surface area contributed by atoms with Crippen LogP contribution in [0, 0.1) is 0 Å².